The Morgan fingerprint density at radius 2 is 1.40 bits per heavy atom. The van der Waals surface area contributed by atoms with Crippen molar-refractivity contribution in [1.29, 1.82) is 0 Å². The van der Waals surface area contributed by atoms with E-state index in [1.807, 2.05) is 12.3 Å². The molecule has 0 radical (unpaired) electrons. The monoisotopic (exact) mass is 486 g/mol. The number of nitrogens with zero attached hydrogens (tertiary/aromatic N) is 2. The van der Waals surface area contributed by atoms with Gasteiger partial charge in [0.25, 0.3) is 0 Å². The first-order valence-corrected chi connectivity index (χ1v) is 16.2. The van der Waals surface area contributed by atoms with Crippen molar-refractivity contribution in [2.24, 2.45) is 0 Å². The molecular weight excluding hydrogens is 461 g/mol. The van der Waals surface area contributed by atoms with Crippen LogP contribution in [0.4, 0.5) is 0 Å². The van der Waals surface area contributed by atoms with Crippen LogP contribution in [0.2, 0.25) is 19.6 Å². The zero-order valence-electron chi connectivity index (χ0n) is 20.1. The van der Waals surface area contributed by atoms with Gasteiger partial charge in [-0.15, -0.1) is 11.3 Å². The fourth-order valence-corrected chi connectivity index (χ4v) is 6.79. The quantitative estimate of drug-likeness (QED) is 0.234. The lowest BCUT2D eigenvalue weighted by Crippen LogP contribution is -2.37. The first kappa shape index (κ1) is 21.9. The van der Waals surface area contributed by atoms with Crippen LogP contribution in [-0.4, -0.2) is 18.0 Å². The van der Waals surface area contributed by atoms with Crippen LogP contribution >= 0.6 is 11.3 Å². The Labute approximate surface area is 211 Å². The lowest BCUT2D eigenvalue weighted by molar-refractivity contribution is 1.36. The van der Waals surface area contributed by atoms with Gasteiger partial charge < -0.3 is 0 Å². The summed E-state index contributed by atoms with van der Waals surface area (Å²) in [5.41, 5.74) is 6.67. The summed E-state index contributed by atoms with van der Waals surface area (Å²) in [7, 11) is -1.39. The zero-order valence-corrected chi connectivity index (χ0v) is 21.9. The van der Waals surface area contributed by atoms with Crippen LogP contribution in [0.3, 0.4) is 0 Å². The van der Waals surface area contributed by atoms with E-state index in [4.69, 9.17) is 9.97 Å². The van der Waals surface area contributed by atoms with E-state index in [9.17, 15) is 0 Å². The molecule has 35 heavy (non-hydrogen) atoms. The van der Waals surface area contributed by atoms with Crippen molar-refractivity contribution in [1.82, 2.24) is 9.97 Å². The van der Waals surface area contributed by atoms with Gasteiger partial charge in [-0.25, -0.2) is 4.98 Å². The third-order valence-corrected chi connectivity index (χ3v) is 9.60. The van der Waals surface area contributed by atoms with Crippen LogP contribution in [0.1, 0.15) is 0 Å². The third-order valence-electron chi connectivity index (χ3n) is 6.50. The molecule has 0 aliphatic carbocycles. The molecule has 0 N–H and O–H groups in total. The molecule has 0 unspecified atom stereocenters. The second-order valence-corrected chi connectivity index (χ2v) is 16.1. The number of thiazole rings is 1. The van der Waals surface area contributed by atoms with Crippen LogP contribution in [0.5, 0.6) is 0 Å². The fourth-order valence-electron chi connectivity index (χ4n) is 4.58. The average molecular weight is 487 g/mol. The average Bonchev–Trinajstić information content (AvgIpc) is 3.32. The van der Waals surface area contributed by atoms with Crippen molar-refractivity contribution in [3.8, 4) is 33.0 Å². The molecule has 2 aromatic heterocycles. The zero-order chi connectivity index (χ0) is 24.0. The van der Waals surface area contributed by atoms with Crippen molar-refractivity contribution < 1.29 is 0 Å². The molecule has 0 spiro atoms. The van der Waals surface area contributed by atoms with Crippen molar-refractivity contribution in [3.05, 3.63) is 103 Å². The van der Waals surface area contributed by atoms with Gasteiger partial charge in [0.2, 0.25) is 0 Å². The Bertz CT molecular complexity index is 1670. The predicted octanol–water partition coefficient (Wildman–Crippen LogP) is 8.39. The number of fused-ring (bicyclic) bond motifs is 2. The van der Waals surface area contributed by atoms with Crippen LogP contribution in [0.25, 0.3) is 53.9 Å². The molecule has 4 heteroatoms. The highest BCUT2D eigenvalue weighted by Crippen LogP contribution is 2.40. The number of hydrogen-bond donors (Lipinski definition) is 0. The Hall–Kier alpha value is -3.60. The molecule has 0 bridgehead atoms. The maximum atomic E-state index is 5.10. The maximum Gasteiger partial charge on any atom is 0.124 e. The van der Waals surface area contributed by atoms with E-state index in [1.165, 1.54) is 26.2 Å². The fraction of sp³-hybridized carbons (Fsp3) is 0.0968. The van der Waals surface area contributed by atoms with Crippen LogP contribution in [0, 0.1) is 0 Å². The molecular formula is C31H26N2SSi. The molecule has 0 fully saturated rings. The lowest BCUT2D eigenvalue weighted by atomic mass is 9.98. The van der Waals surface area contributed by atoms with E-state index in [-0.39, 0.29) is 0 Å². The van der Waals surface area contributed by atoms with Crippen LogP contribution in [-0.2, 0) is 0 Å². The standard InChI is InChI=1S/C31H26N2SSi/c1-35(2,3)25-14-15-26-23(18-25)16-17-32-29(26)24-19-27(21-10-6-4-7-11-21)30-28(20-24)34-31(33-30)22-12-8-5-9-13-22/h4-20H,1-3H3. The Balaban J connectivity index is 1.60. The highest BCUT2D eigenvalue weighted by molar-refractivity contribution is 7.21. The number of hydrogen-bond acceptors (Lipinski definition) is 3. The highest BCUT2D eigenvalue weighted by Gasteiger charge is 2.19. The molecule has 6 rings (SSSR count). The largest absolute Gasteiger partial charge is 0.256 e. The number of rotatable bonds is 4. The molecule has 0 amide bonds. The van der Waals surface area contributed by atoms with E-state index in [2.05, 4.69) is 111 Å². The third kappa shape index (κ3) is 4.09. The van der Waals surface area contributed by atoms with Gasteiger partial charge in [0.05, 0.1) is 24.0 Å². The molecule has 170 valence electrons. The molecule has 0 saturated carbocycles. The van der Waals surface area contributed by atoms with Crippen LogP contribution in [0.15, 0.2) is 103 Å². The molecule has 0 atom stereocenters. The van der Waals surface area contributed by atoms with Crippen molar-refractivity contribution in [2.45, 2.75) is 19.6 Å². The molecule has 0 saturated heterocycles. The van der Waals surface area contributed by atoms with Crippen molar-refractivity contribution >= 4 is 45.6 Å². The second-order valence-electron chi connectivity index (χ2n) is 9.97. The van der Waals surface area contributed by atoms with E-state index >= 15 is 0 Å². The van der Waals surface area contributed by atoms with Gasteiger partial charge in [-0.3, -0.25) is 4.98 Å². The maximum absolute atomic E-state index is 5.10. The normalized spacial score (nSPS) is 11.9. The Kier molecular flexibility index (Phi) is 5.36. The summed E-state index contributed by atoms with van der Waals surface area (Å²) in [5, 5.41) is 4.96. The molecule has 0 aliphatic rings. The van der Waals surface area contributed by atoms with Gasteiger partial charge in [-0.1, -0.05) is 104 Å². The topological polar surface area (TPSA) is 25.8 Å². The lowest BCUT2D eigenvalue weighted by Gasteiger charge is -2.18. The molecule has 0 aliphatic heterocycles. The predicted molar refractivity (Wildman–Crippen MR) is 154 cm³/mol. The summed E-state index contributed by atoms with van der Waals surface area (Å²) in [5.74, 6) is 0. The summed E-state index contributed by atoms with van der Waals surface area (Å²) in [6.07, 6.45) is 1.94. The molecule has 2 nitrogen and oxygen atoms in total. The highest BCUT2D eigenvalue weighted by atomic mass is 32.1. The first-order valence-electron chi connectivity index (χ1n) is 11.9. The van der Waals surface area contributed by atoms with Gasteiger partial charge in [-0.05, 0) is 29.1 Å². The summed E-state index contributed by atoms with van der Waals surface area (Å²) in [4.78, 5) is 9.97. The summed E-state index contributed by atoms with van der Waals surface area (Å²) in [6.45, 7) is 7.18. The van der Waals surface area contributed by atoms with E-state index < -0.39 is 8.07 Å². The van der Waals surface area contributed by atoms with Crippen molar-refractivity contribution in [3.63, 3.8) is 0 Å². The van der Waals surface area contributed by atoms with Crippen LogP contribution < -0.4 is 5.19 Å². The van der Waals surface area contributed by atoms with E-state index in [0.717, 1.165) is 32.9 Å². The molecule has 2 heterocycles. The number of aromatic nitrogens is 2. The first-order chi connectivity index (χ1) is 17.0. The number of benzene rings is 4. The minimum Gasteiger partial charge on any atom is -0.256 e. The van der Waals surface area contributed by atoms with Gasteiger partial charge in [0.1, 0.15) is 5.01 Å². The van der Waals surface area contributed by atoms with Crippen molar-refractivity contribution in [2.75, 3.05) is 0 Å². The summed E-state index contributed by atoms with van der Waals surface area (Å²) >= 11 is 1.75. The summed E-state index contributed by atoms with van der Waals surface area (Å²) < 4.78 is 1.18. The minimum atomic E-state index is -1.39. The van der Waals surface area contributed by atoms with Gasteiger partial charge >= 0.3 is 0 Å². The van der Waals surface area contributed by atoms with Gasteiger partial charge in [0, 0.05) is 28.3 Å². The smallest absolute Gasteiger partial charge is 0.124 e. The SMILES string of the molecule is C[Si](C)(C)c1ccc2c(-c3cc(-c4ccccc4)c4nc(-c5ccccc5)sc4c3)nccc2c1. The van der Waals surface area contributed by atoms with Gasteiger partial charge in [0.15, 0.2) is 0 Å². The molecule has 4 aromatic carbocycles. The Morgan fingerprint density at radius 3 is 2.11 bits per heavy atom. The Morgan fingerprint density at radius 1 is 0.686 bits per heavy atom. The minimum absolute atomic E-state index is 1.03. The number of pyridine rings is 1. The summed E-state index contributed by atoms with van der Waals surface area (Å²) in [6, 6.07) is 34.6. The van der Waals surface area contributed by atoms with E-state index in [0.29, 0.717) is 0 Å². The second kappa shape index (κ2) is 8.56. The van der Waals surface area contributed by atoms with E-state index in [1.54, 1.807) is 11.3 Å². The molecule has 6 aromatic rings. The van der Waals surface area contributed by atoms with Gasteiger partial charge in [-0.2, -0.15) is 0 Å².